The molecule has 0 radical (unpaired) electrons. The molecule has 21 heavy (non-hydrogen) atoms. The highest BCUT2D eigenvalue weighted by Gasteiger charge is 2.24. The van der Waals surface area contributed by atoms with E-state index in [1.807, 2.05) is 0 Å². The standard InChI is InChI=1S/C13H17N5O3/c1-9-12(18(19)20)13(17(2)16-9)15-10-4-3-5-11(8-10)21-7-6-14/h3-5,8,15H,6-7,14H2,1-2H3. The van der Waals surface area contributed by atoms with Crippen molar-refractivity contribution < 1.29 is 9.66 Å². The van der Waals surface area contributed by atoms with Gasteiger partial charge in [0.2, 0.25) is 5.82 Å². The largest absolute Gasteiger partial charge is 0.492 e. The van der Waals surface area contributed by atoms with Crippen molar-refractivity contribution in [3.05, 3.63) is 40.1 Å². The molecule has 0 fully saturated rings. The second kappa shape index (κ2) is 6.23. The third kappa shape index (κ3) is 3.29. The van der Waals surface area contributed by atoms with Gasteiger partial charge in [0.05, 0.1) is 4.92 Å². The monoisotopic (exact) mass is 291 g/mol. The van der Waals surface area contributed by atoms with E-state index in [4.69, 9.17) is 10.5 Å². The van der Waals surface area contributed by atoms with Crippen LogP contribution in [0.3, 0.4) is 0 Å². The summed E-state index contributed by atoms with van der Waals surface area (Å²) in [5.41, 5.74) is 6.39. The summed E-state index contributed by atoms with van der Waals surface area (Å²) in [4.78, 5) is 10.7. The van der Waals surface area contributed by atoms with Gasteiger partial charge in [-0.2, -0.15) is 5.10 Å². The lowest BCUT2D eigenvalue weighted by Gasteiger charge is -2.09. The van der Waals surface area contributed by atoms with E-state index in [9.17, 15) is 10.1 Å². The van der Waals surface area contributed by atoms with Crippen molar-refractivity contribution in [2.75, 3.05) is 18.5 Å². The third-order valence-electron chi connectivity index (χ3n) is 2.86. The van der Waals surface area contributed by atoms with E-state index in [2.05, 4.69) is 10.4 Å². The molecule has 0 atom stereocenters. The smallest absolute Gasteiger partial charge is 0.334 e. The molecule has 0 aliphatic heterocycles. The predicted octanol–water partition coefficient (Wildman–Crippen LogP) is 1.72. The van der Waals surface area contributed by atoms with Crippen LogP contribution >= 0.6 is 0 Å². The van der Waals surface area contributed by atoms with Gasteiger partial charge in [-0.3, -0.25) is 10.1 Å². The fourth-order valence-electron chi connectivity index (χ4n) is 1.98. The molecular formula is C13H17N5O3. The molecule has 0 spiro atoms. The Morgan fingerprint density at radius 1 is 1.52 bits per heavy atom. The predicted molar refractivity (Wildman–Crippen MR) is 78.9 cm³/mol. The maximum Gasteiger partial charge on any atom is 0.334 e. The van der Waals surface area contributed by atoms with Gasteiger partial charge >= 0.3 is 5.69 Å². The Hall–Kier alpha value is -2.61. The van der Waals surface area contributed by atoms with Crippen LogP contribution in [-0.2, 0) is 7.05 Å². The van der Waals surface area contributed by atoms with Crippen LogP contribution in [0.1, 0.15) is 5.69 Å². The minimum Gasteiger partial charge on any atom is -0.492 e. The van der Waals surface area contributed by atoms with Crippen molar-refractivity contribution >= 4 is 17.2 Å². The third-order valence-corrected chi connectivity index (χ3v) is 2.86. The minimum absolute atomic E-state index is 0.0363. The number of aryl methyl sites for hydroxylation is 2. The van der Waals surface area contributed by atoms with E-state index in [-0.39, 0.29) is 5.69 Å². The van der Waals surface area contributed by atoms with Crippen LogP contribution in [-0.4, -0.2) is 27.9 Å². The van der Waals surface area contributed by atoms with Crippen LogP contribution in [0.5, 0.6) is 5.75 Å². The summed E-state index contributed by atoms with van der Waals surface area (Å²) in [5.74, 6) is 0.973. The molecule has 0 aliphatic carbocycles. The molecule has 0 aliphatic rings. The Kier molecular flexibility index (Phi) is 4.39. The number of nitrogens with zero attached hydrogens (tertiary/aromatic N) is 3. The summed E-state index contributed by atoms with van der Waals surface area (Å²) in [5, 5.41) is 18.2. The molecular weight excluding hydrogens is 274 g/mol. The van der Waals surface area contributed by atoms with Crippen LogP contribution < -0.4 is 15.8 Å². The highest BCUT2D eigenvalue weighted by molar-refractivity contribution is 5.68. The van der Waals surface area contributed by atoms with Crippen LogP contribution in [0.4, 0.5) is 17.2 Å². The normalized spacial score (nSPS) is 10.4. The van der Waals surface area contributed by atoms with Gasteiger partial charge in [-0.05, 0) is 19.1 Å². The lowest BCUT2D eigenvalue weighted by Crippen LogP contribution is -2.10. The lowest BCUT2D eigenvalue weighted by atomic mass is 10.3. The van der Waals surface area contributed by atoms with Gasteiger partial charge in [0.15, 0.2) is 0 Å². The van der Waals surface area contributed by atoms with Crippen LogP contribution in [0.25, 0.3) is 0 Å². The molecule has 0 bridgehead atoms. The van der Waals surface area contributed by atoms with E-state index in [0.29, 0.717) is 36.1 Å². The summed E-state index contributed by atoms with van der Waals surface area (Å²) in [6.45, 7) is 2.43. The average molecular weight is 291 g/mol. The molecule has 2 rings (SSSR count). The van der Waals surface area contributed by atoms with Gasteiger partial charge < -0.3 is 15.8 Å². The van der Waals surface area contributed by atoms with Crippen molar-refractivity contribution in [3.63, 3.8) is 0 Å². The van der Waals surface area contributed by atoms with Crippen molar-refractivity contribution in [1.82, 2.24) is 9.78 Å². The van der Waals surface area contributed by atoms with E-state index >= 15 is 0 Å². The molecule has 0 saturated carbocycles. The Balaban J connectivity index is 2.28. The molecule has 1 aromatic heterocycles. The van der Waals surface area contributed by atoms with E-state index in [0.717, 1.165) is 0 Å². The molecule has 1 aromatic carbocycles. The number of nitro groups is 1. The fourth-order valence-corrected chi connectivity index (χ4v) is 1.98. The first-order valence-electron chi connectivity index (χ1n) is 6.41. The Bertz CT molecular complexity index is 653. The van der Waals surface area contributed by atoms with E-state index in [1.165, 1.54) is 4.68 Å². The first-order chi connectivity index (χ1) is 10.0. The number of aromatic nitrogens is 2. The molecule has 0 saturated heterocycles. The maximum atomic E-state index is 11.1. The molecule has 8 nitrogen and oxygen atoms in total. The first kappa shape index (κ1) is 14.8. The van der Waals surface area contributed by atoms with Gasteiger partial charge in [-0.25, -0.2) is 4.68 Å². The zero-order valence-corrected chi connectivity index (χ0v) is 11.9. The molecule has 1 heterocycles. The van der Waals surface area contributed by atoms with Crippen molar-refractivity contribution in [2.45, 2.75) is 6.92 Å². The molecule has 3 N–H and O–H groups in total. The number of anilines is 2. The Labute approximate surface area is 121 Å². The molecule has 2 aromatic rings. The zero-order chi connectivity index (χ0) is 15.4. The van der Waals surface area contributed by atoms with Crippen LogP contribution in [0.2, 0.25) is 0 Å². The number of hydrogen-bond donors (Lipinski definition) is 2. The highest BCUT2D eigenvalue weighted by Crippen LogP contribution is 2.31. The minimum atomic E-state index is -0.445. The number of ether oxygens (including phenoxy) is 1. The van der Waals surface area contributed by atoms with Gasteiger partial charge in [-0.1, -0.05) is 6.07 Å². The summed E-state index contributed by atoms with van der Waals surface area (Å²) < 4.78 is 6.87. The SMILES string of the molecule is Cc1nn(C)c(Nc2cccc(OCCN)c2)c1[N+](=O)[O-]. The van der Waals surface area contributed by atoms with Crippen molar-refractivity contribution in [3.8, 4) is 5.75 Å². The average Bonchev–Trinajstić information content (AvgIpc) is 2.71. The fraction of sp³-hybridized carbons (Fsp3) is 0.308. The maximum absolute atomic E-state index is 11.1. The summed E-state index contributed by atoms with van der Waals surface area (Å²) in [6.07, 6.45) is 0. The topological polar surface area (TPSA) is 108 Å². The quantitative estimate of drug-likeness (QED) is 0.619. The zero-order valence-electron chi connectivity index (χ0n) is 11.9. The summed E-state index contributed by atoms with van der Waals surface area (Å²) in [6, 6.07) is 7.13. The Morgan fingerprint density at radius 2 is 2.29 bits per heavy atom. The molecule has 0 amide bonds. The van der Waals surface area contributed by atoms with E-state index < -0.39 is 4.92 Å². The number of hydrogen-bond acceptors (Lipinski definition) is 6. The number of nitrogens with one attached hydrogen (secondary N) is 1. The Morgan fingerprint density at radius 3 is 2.95 bits per heavy atom. The lowest BCUT2D eigenvalue weighted by molar-refractivity contribution is -0.384. The van der Waals surface area contributed by atoms with Gasteiger partial charge in [0.1, 0.15) is 18.1 Å². The second-order valence-corrected chi connectivity index (χ2v) is 4.45. The number of nitrogens with two attached hydrogens (primary N) is 1. The van der Waals surface area contributed by atoms with Gasteiger partial charge in [0.25, 0.3) is 0 Å². The number of rotatable bonds is 6. The summed E-state index contributed by atoms with van der Waals surface area (Å²) >= 11 is 0. The molecule has 8 heteroatoms. The molecule has 0 unspecified atom stereocenters. The van der Waals surface area contributed by atoms with Gasteiger partial charge in [0, 0.05) is 25.3 Å². The van der Waals surface area contributed by atoms with Crippen molar-refractivity contribution in [2.24, 2.45) is 12.8 Å². The first-order valence-corrected chi connectivity index (χ1v) is 6.41. The van der Waals surface area contributed by atoms with E-state index in [1.54, 1.807) is 38.2 Å². The number of benzene rings is 1. The van der Waals surface area contributed by atoms with Gasteiger partial charge in [-0.15, -0.1) is 0 Å². The summed E-state index contributed by atoms with van der Waals surface area (Å²) in [7, 11) is 1.65. The van der Waals surface area contributed by atoms with Crippen molar-refractivity contribution in [1.29, 1.82) is 0 Å². The second-order valence-electron chi connectivity index (χ2n) is 4.45. The van der Waals surface area contributed by atoms with Crippen LogP contribution in [0.15, 0.2) is 24.3 Å². The highest BCUT2D eigenvalue weighted by atomic mass is 16.6. The van der Waals surface area contributed by atoms with Crippen LogP contribution in [0, 0.1) is 17.0 Å². The molecule has 112 valence electrons.